The van der Waals surface area contributed by atoms with E-state index in [0.29, 0.717) is 11.4 Å². The molecule has 2 N–H and O–H groups in total. The third-order valence-electron chi connectivity index (χ3n) is 3.74. The molecule has 2 aromatic rings. The largest absolute Gasteiger partial charge is 0.467 e. The first kappa shape index (κ1) is 17.5. The maximum Gasteiger partial charge on any atom is 0.328 e. The van der Waals surface area contributed by atoms with E-state index in [0.717, 1.165) is 5.56 Å². The van der Waals surface area contributed by atoms with E-state index in [2.05, 4.69) is 5.16 Å². The van der Waals surface area contributed by atoms with Crippen LogP contribution >= 0.6 is 0 Å². The Bertz CT molecular complexity index is 722. The highest BCUT2D eigenvalue weighted by molar-refractivity contribution is 5.95. The van der Waals surface area contributed by atoms with Crippen LogP contribution in [0.2, 0.25) is 0 Å². The molecule has 0 spiro atoms. The second kappa shape index (κ2) is 7.16. The van der Waals surface area contributed by atoms with Crippen molar-refractivity contribution in [2.75, 3.05) is 19.9 Å². The van der Waals surface area contributed by atoms with Gasteiger partial charge in [-0.2, -0.15) is 0 Å². The summed E-state index contributed by atoms with van der Waals surface area (Å²) >= 11 is 0. The van der Waals surface area contributed by atoms with Crippen molar-refractivity contribution >= 4 is 17.6 Å². The molecule has 0 aliphatic rings. The number of hydrogen-bond acceptors (Lipinski definition) is 6. The number of ether oxygens (including phenoxy) is 1. The fraction of sp³-hybridized carbons (Fsp3) is 0.353. The van der Waals surface area contributed by atoms with E-state index in [9.17, 15) is 9.59 Å². The van der Waals surface area contributed by atoms with Crippen molar-refractivity contribution < 1.29 is 18.8 Å². The molecule has 1 unspecified atom stereocenters. The smallest absolute Gasteiger partial charge is 0.328 e. The summed E-state index contributed by atoms with van der Waals surface area (Å²) < 4.78 is 9.93. The fourth-order valence-electron chi connectivity index (χ4n) is 2.46. The minimum absolute atomic E-state index is 0.0545. The first-order valence-corrected chi connectivity index (χ1v) is 7.52. The number of nitrogen functional groups attached to an aromatic ring is 1. The van der Waals surface area contributed by atoms with Gasteiger partial charge in [0.1, 0.15) is 11.7 Å². The van der Waals surface area contributed by atoms with Crippen LogP contribution in [0, 0.1) is 5.92 Å². The van der Waals surface area contributed by atoms with E-state index in [1.54, 1.807) is 30.3 Å². The van der Waals surface area contributed by atoms with E-state index in [1.165, 1.54) is 19.1 Å². The van der Waals surface area contributed by atoms with Gasteiger partial charge in [0.25, 0.3) is 5.91 Å². The molecule has 1 aromatic heterocycles. The number of nitrogens with two attached hydrogens (primary N) is 1. The molecule has 0 radical (unpaired) electrons. The summed E-state index contributed by atoms with van der Waals surface area (Å²) in [5.74, 6) is -0.961. The number of methoxy groups -OCH3 is 1. The highest BCUT2D eigenvalue weighted by Crippen LogP contribution is 2.22. The fourth-order valence-corrected chi connectivity index (χ4v) is 2.46. The van der Waals surface area contributed by atoms with E-state index in [-0.39, 0.29) is 11.7 Å². The van der Waals surface area contributed by atoms with Crippen LogP contribution in [0.15, 0.2) is 34.9 Å². The highest BCUT2D eigenvalue weighted by atomic mass is 16.5. The number of amides is 1. The van der Waals surface area contributed by atoms with Crippen molar-refractivity contribution in [3.05, 3.63) is 36.1 Å². The zero-order chi connectivity index (χ0) is 17.9. The molecule has 128 valence electrons. The molecule has 0 saturated carbocycles. The Labute approximate surface area is 140 Å². The molecular weight excluding hydrogens is 310 g/mol. The summed E-state index contributed by atoms with van der Waals surface area (Å²) in [5.41, 5.74) is 7.59. The number of carbonyl (C=O) groups excluding carboxylic acids is 2. The number of rotatable bonds is 5. The van der Waals surface area contributed by atoms with E-state index in [1.807, 2.05) is 13.8 Å². The van der Waals surface area contributed by atoms with Crippen LogP contribution in [-0.2, 0) is 9.53 Å². The Morgan fingerprint density at radius 1 is 1.25 bits per heavy atom. The summed E-state index contributed by atoms with van der Waals surface area (Å²) in [6.07, 6.45) is 0. The minimum Gasteiger partial charge on any atom is -0.467 e. The summed E-state index contributed by atoms with van der Waals surface area (Å²) in [4.78, 5) is 25.8. The molecule has 2 rings (SSSR count). The molecule has 0 saturated heterocycles. The van der Waals surface area contributed by atoms with Crippen LogP contribution in [0.1, 0.15) is 24.4 Å². The second-order valence-corrected chi connectivity index (χ2v) is 5.83. The average molecular weight is 331 g/mol. The van der Waals surface area contributed by atoms with Gasteiger partial charge in [-0.3, -0.25) is 4.79 Å². The Balaban J connectivity index is 2.23. The summed E-state index contributed by atoms with van der Waals surface area (Å²) in [5, 5.41) is 3.91. The number of benzene rings is 1. The Kier molecular flexibility index (Phi) is 5.23. The molecule has 0 fully saturated rings. The second-order valence-electron chi connectivity index (χ2n) is 5.83. The molecule has 7 heteroatoms. The van der Waals surface area contributed by atoms with Gasteiger partial charge in [0, 0.05) is 24.4 Å². The van der Waals surface area contributed by atoms with Gasteiger partial charge in [0.2, 0.25) is 5.76 Å². The van der Waals surface area contributed by atoms with Crippen molar-refractivity contribution in [1.82, 2.24) is 10.1 Å². The number of anilines is 1. The molecule has 1 heterocycles. The minimum atomic E-state index is -0.701. The Morgan fingerprint density at radius 2 is 1.88 bits per heavy atom. The zero-order valence-corrected chi connectivity index (χ0v) is 14.1. The standard InChI is InChI=1S/C17H21N3O4/c1-10(2)15(17(22)23-4)20(3)16(21)14-9-13(19-24-14)11-5-7-12(18)8-6-11/h5-10,15H,18H2,1-4H3. The first-order valence-electron chi connectivity index (χ1n) is 7.52. The van der Waals surface area contributed by atoms with Crippen molar-refractivity contribution in [2.24, 2.45) is 5.92 Å². The summed E-state index contributed by atoms with van der Waals surface area (Å²) in [6.45, 7) is 3.68. The lowest BCUT2D eigenvalue weighted by Crippen LogP contribution is -2.46. The van der Waals surface area contributed by atoms with E-state index < -0.39 is 17.9 Å². The van der Waals surface area contributed by atoms with Crippen molar-refractivity contribution in [2.45, 2.75) is 19.9 Å². The Hall–Kier alpha value is -2.83. The molecule has 1 aromatic carbocycles. The van der Waals surface area contributed by atoms with Gasteiger partial charge in [-0.15, -0.1) is 0 Å². The van der Waals surface area contributed by atoms with Gasteiger partial charge in [-0.25, -0.2) is 4.79 Å². The van der Waals surface area contributed by atoms with Crippen LogP contribution < -0.4 is 5.73 Å². The molecule has 0 aliphatic carbocycles. The summed E-state index contributed by atoms with van der Waals surface area (Å²) in [6, 6.07) is 7.90. The summed E-state index contributed by atoms with van der Waals surface area (Å²) in [7, 11) is 2.83. The molecule has 1 atom stereocenters. The molecule has 0 bridgehead atoms. The average Bonchev–Trinajstić information content (AvgIpc) is 3.04. The van der Waals surface area contributed by atoms with Gasteiger partial charge in [0.05, 0.1) is 7.11 Å². The molecule has 1 amide bonds. The maximum atomic E-state index is 12.6. The van der Waals surface area contributed by atoms with Crippen LogP contribution in [0.4, 0.5) is 5.69 Å². The van der Waals surface area contributed by atoms with Crippen LogP contribution in [0.3, 0.4) is 0 Å². The van der Waals surface area contributed by atoms with Gasteiger partial charge >= 0.3 is 5.97 Å². The lowest BCUT2D eigenvalue weighted by Gasteiger charge is -2.27. The number of nitrogens with zero attached hydrogens (tertiary/aromatic N) is 2. The van der Waals surface area contributed by atoms with Crippen molar-refractivity contribution in [1.29, 1.82) is 0 Å². The molecule has 7 nitrogen and oxygen atoms in total. The van der Waals surface area contributed by atoms with Crippen LogP contribution in [-0.4, -0.2) is 42.1 Å². The number of esters is 1. The van der Waals surface area contributed by atoms with Gasteiger partial charge < -0.3 is 19.9 Å². The normalized spacial score (nSPS) is 12.0. The van der Waals surface area contributed by atoms with Gasteiger partial charge in [0.15, 0.2) is 0 Å². The highest BCUT2D eigenvalue weighted by Gasteiger charge is 2.32. The third kappa shape index (κ3) is 3.56. The van der Waals surface area contributed by atoms with E-state index in [4.69, 9.17) is 15.0 Å². The van der Waals surface area contributed by atoms with Gasteiger partial charge in [-0.1, -0.05) is 31.1 Å². The SMILES string of the molecule is COC(=O)C(C(C)C)N(C)C(=O)c1cc(-c2ccc(N)cc2)no1. The van der Waals surface area contributed by atoms with Gasteiger partial charge in [-0.05, 0) is 18.1 Å². The first-order chi connectivity index (χ1) is 11.3. The maximum absolute atomic E-state index is 12.6. The van der Waals surface area contributed by atoms with Crippen molar-refractivity contribution in [3.8, 4) is 11.3 Å². The Morgan fingerprint density at radius 3 is 2.42 bits per heavy atom. The topological polar surface area (TPSA) is 98.7 Å². The monoisotopic (exact) mass is 331 g/mol. The predicted octanol–water partition coefficient (Wildman–Crippen LogP) is 2.19. The number of aromatic nitrogens is 1. The molecular formula is C17H21N3O4. The number of carbonyl (C=O) groups is 2. The molecule has 0 aliphatic heterocycles. The lowest BCUT2D eigenvalue weighted by molar-refractivity contribution is -0.147. The van der Waals surface area contributed by atoms with Crippen LogP contribution in [0.25, 0.3) is 11.3 Å². The quantitative estimate of drug-likeness (QED) is 0.666. The number of hydrogen-bond donors (Lipinski definition) is 1. The number of likely N-dealkylation sites (N-methyl/N-ethyl adjacent to an activating group) is 1. The third-order valence-corrected chi connectivity index (χ3v) is 3.74. The van der Waals surface area contributed by atoms with Crippen molar-refractivity contribution in [3.63, 3.8) is 0 Å². The van der Waals surface area contributed by atoms with E-state index >= 15 is 0 Å². The zero-order valence-electron chi connectivity index (χ0n) is 14.1. The molecule has 24 heavy (non-hydrogen) atoms. The lowest BCUT2D eigenvalue weighted by atomic mass is 10.0. The van der Waals surface area contributed by atoms with Crippen LogP contribution in [0.5, 0.6) is 0 Å². The predicted molar refractivity (Wildman–Crippen MR) is 89.1 cm³/mol.